The molecule has 0 fully saturated rings. The van der Waals surface area contributed by atoms with E-state index < -0.39 is 6.09 Å². The lowest BCUT2D eigenvalue weighted by Crippen LogP contribution is -2.11. The number of hydrogen-bond acceptors (Lipinski definition) is 3. The summed E-state index contributed by atoms with van der Waals surface area (Å²) < 4.78 is 2.10. The van der Waals surface area contributed by atoms with E-state index in [2.05, 4.69) is 37.2 Å². The molecule has 0 saturated carbocycles. The number of nitrogens with one attached hydrogen (secondary N) is 1. The van der Waals surface area contributed by atoms with Crippen LogP contribution in [0.4, 0.5) is 10.6 Å². The Morgan fingerprint density at radius 1 is 1.69 bits per heavy atom. The molecule has 2 rings (SSSR count). The van der Waals surface area contributed by atoms with Gasteiger partial charge in [0.2, 0.25) is 0 Å². The molecule has 7 heteroatoms. The Kier molecular flexibility index (Phi) is 2.50. The van der Waals surface area contributed by atoms with Crippen LogP contribution >= 0.6 is 15.9 Å². The summed E-state index contributed by atoms with van der Waals surface area (Å²) in [5, 5.41) is 14.8. The molecular formula is C9H5BrN4O2. The zero-order valence-corrected chi connectivity index (χ0v) is 9.39. The van der Waals surface area contributed by atoms with Crippen molar-refractivity contribution in [1.29, 1.82) is 0 Å². The Morgan fingerprint density at radius 3 is 3.06 bits per heavy atom. The van der Waals surface area contributed by atoms with Gasteiger partial charge in [0.25, 0.3) is 0 Å². The number of nitrogens with zero attached hydrogens (tertiary/aromatic N) is 3. The highest BCUT2D eigenvalue weighted by Crippen LogP contribution is 2.24. The van der Waals surface area contributed by atoms with Gasteiger partial charge in [-0.25, -0.2) is 14.3 Å². The third-order valence-corrected chi connectivity index (χ3v) is 2.46. The second-order valence-corrected chi connectivity index (χ2v) is 3.64. The standard InChI is InChI=1S/C9H5BrN4O2/c1-2-5-3-6(10)14-7(5)8(11-4-12-14)13-9(15)16/h1,3-4H,(H,15,16)(H,11,12,13). The van der Waals surface area contributed by atoms with Crippen molar-refractivity contribution < 1.29 is 9.90 Å². The normalized spacial score (nSPS) is 10.0. The van der Waals surface area contributed by atoms with Gasteiger partial charge in [-0.15, -0.1) is 6.42 Å². The minimum atomic E-state index is -1.21. The van der Waals surface area contributed by atoms with Crippen molar-refractivity contribution >= 4 is 33.4 Å². The monoisotopic (exact) mass is 280 g/mol. The number of amides is 1. The summed E-state index contributed by atoms with van der Waals surface area (Å²) in [5.74, 6) is 2.59. The summed E-state index contributed by atoms with van der Waals surface area (Å²) in [6.45, 7) is 0. The van der Waals surface area contributed by atoms with Crippen LogP contribution in [0.25, 0.3) is 5.52 Å². The van der Waals surface area contributed by atoms with Gasteiger partial charge < -0.3 is 5.11 Å². The molecule has 0 unspecified atom stereocenters. The lowest BCUT2D eigenvalue weighted by atomic mass is 10.3. The van der Waals surface area contributed by atoms with Crippen LogP contribution in [0.2, 0.25) is 0 Å². The molecule has 16 heavy (non-hydrogen) atoms. The molecule has 2 aromatic heterocycles. The van der Waals surface area contributed by atoms with Gasteiger partial charge >= 0.3 is 6.09 Å². The first-order valence-electron chi connectivity index (χ1n) is 4.12. The molecule has 2 N–H and O–H groups in total. The number of hydrogen-bond donors (Lipinski definition) is 2. The number of fused-ring (bicyclic) bond motifs is 1. The minimum Gasteiger partial charge on any atom is -0.465 e. The van der Waals surface area contributed by atoms with Crippen LogP contribution in [0, 0.1) is 12.3 Å². The largest absolute Gasteiger partial charge is 0.465 e. The van der Waals surface area contributed by atoms with Crippen molar-refractivity contribution in [2.45, 2.75) is 0 Å². The predicted octanol–water partition coefficient (Wildman–Crippen LogP) is 1.56. The molecule has 0 spiro atoms. The van der Waals surface area contributed by atoms with Gasteiger partial charge in [-0.05, 0) is 22.0 Å². The molecule has 0 aliphatic rings. The molecule has 2 heterocycles. The fourth-order valence-electron chi connectivity index (χ4n) is 1.31. The van der Waals surface area contributed by atoms with E-state index in [1.807, 2.05) is 0 Å². The molecular weight excluding hydrogens is 276 g/mol. The van der Waals surface area contributed by atoms with Crippen LogP contribution in [0.1, 0.15) is 5.56 Å². The van der Waals surface area contributed by atoms with Gasteiger partial charge in [-0.2, -0.15) is 5.10 Å². The SMILES string of the molecule is C#Cc1cc(Br)n2ncnc(NC(=O)O)c12. The maximum atomic E-state index is 10.6. The minimum absolute atomic E-state index is 0.154. The van der Waals surface area contributed by atoms with E-state index in [4.69, 9.17) is 11.5 Å². The van der Waals surface area contributed by atoms with Gasteiger partial charge in [-0.3, -0.25) is 5.32 Å². The number of aromatic nitrogens is 3. The van der Waals surface area contributed by atoms with Crippen molar-refractivity contribution in [3.63, 3.8) is 0 Å². The number of terminal acetylenes is 1. The van der Waals surface area contributed by atoms with Crippen molar-refractivity contribution in [3.05, 3.63) is 22.6 Å². The van der Waals surface area contributed by atoms with E-state index in [0.29, 0.717) is 15.7 Å². The molecule has 1 amide bonds. The predicted molar refractivity (Wildman–Crippen MR) is 60.3 cm³/mol. The number of halogens is 1. The fourth-order valence-corrected chi connectivity index (χ4v) is 1.81. The average molecular weight is 281 g/mol. The van der Waals surface area contributed by atoms with E-state index in [1.165, 1.54) is 10.8 Å². The number of carbonyl (C=O) groups is 1. The summed E-state index contributed by atoms with van der Waals surface area (Å²) in [6.07, 6.45) is 5.35. The third-order valence-electron chi connectivity index (χ3n) is 1.89. The zero-order valence-electron chi connectivity index (χ0n) is 7.81. The zero-order chi connectivity index (χ0) is 11.7. The molecule has 0 radical (unpaired) electrons. The Labute approximate surface area is 98.4 Å². The first kappa shape index (κ1) is 10.4. The van der Waals surface area contributed by atoms with E-state index in [1.54, 1.807) is 6.07 Å². The third kappa shape index (κ3) is 1.59. The average Bonchev–Trinajstić information content (AvgIpc) is 2.56. The second-order valence-electron chi connectivity index (χ2n) is 2.82. The van der Waals surface area contributed by atoms with Crippen molar-refractivity contribution in [1.82, 2.24) is 14.6 Å². The second kappa shape index (κ2) is 3.83. The molecule has 0 atom stereocenters. The number of carboxylic acid groups (broad SMARTS) is 1. The first-order valence-corrected chi connectivity index (χ1v) is 4.91. The molecule has 0 aromatic carbocycles. The van der Waals surface area contributed by atoms with Crippen LogP contribution in [-0.2, 0) is 0 Å². The van der Waals surface area contributed by atoms with E-state index in [-0.39, 0.29) is 5.82 Å². The lowest BCUT2D eigenvalue weighted by Gasteiger charge is -2.02. The topological polar surface area (TPSA) is 79.5 Å². The summed E-state index contributed by atoms with van der Waals surface area (Å²) in [4.78, 5) is 14.4. The van der Waals surface area contributed by atoms with Gasteiger partial charge in [0.05, 0.1) is 5.56 Å². The van der Waals surface area contributed by atoms with Crippen LogP contribution in [0.5, 0.6) is 0 Å². The number of rotatable bonds is 1. The van der Waals surface area contributed by atoms with E-state index in [9.17, 15) is 4.79 Å². The summed E-state index contributed by atoms with van der Waals surface area (Å²) >= 11 is 3.26. The summed E-state index contributed by atoms with van der Waals surface area (Å²) in [7, 11) is 0. The van der Waals surface area contributed by atoms with Crippen LogP contribution in [0.3, 0.4) is 0 Å². The molecule has 0 bridgehead atoms. The smallest absolute Gasteiger partial charge is 0.410 e. The quantitative estimate of drug-likeness (QED) is 0.777. The molecule has 0 aliphatic heterocycles. The Hall–Kier alpha value is -2.07. The van der Waals surface area contributed by atoms with Gasteiger partial charge in [-0.1, -0.05) is 5.92 Å². The molecule has 80 valence electrons. The summed E-state index contributed by atoms with van der Waals surface area (Å²) in [5.41, 5.74) is 0.954. The van der Waals surface area contributed by atoms with Crippen molar-refractivity contribution in [2.24, 2.45) is 0 Å². The highest BCUT2D eigenvalue weighted by molar-refractivity contribution is 9.10. The van der Waals surface area contributed by atoms with Gasteiger partial charge in [0.15, 0.2) is 5.82 Å². The Balaban J connectivity index is 2.75. The highest BCUT2D eigenvalue weighted by atomic mass is 79.9. The van der Waals surface area contributed by atoms with Crippen molar-refractivity contribution in [2.75, 3.05) is 5.32 Å². The van der Waals surface area contributed by atoms with E-state index in [0.717, 1.165) is 0 Å². The van der Waals surface area contributed by atoms with E-state index >= 15 is 0 Å². The molecule has 0 aliphatic carbocycles. The Bertz CT molecular complexity index is 614. The Morgan fingerprint density at radius 2 is 2.44 bits per heavy atom. The van der Waals surface area contributed by atoms with Gasteiger partial charge in [0.1, 0.15) is 16.4 Å². The summed E-state index contributed by atoms with van der Waals surface area (Å²) in [6, 6.07) is 1.66. The molecule has 2 aromatic rings. The first-order chi connectivity index (χ1) is 7.63. The maximum Gasteiger partial charge on any atom is 0.410 e. The van der Waals surface area contributed by atoms with Crippen LogP contribution in [-0.4, -0.2) is 25.8 Å². The van der Waals surface area contributed by atoms with Crippen LogP contribution in [0.15, 0.2) is 17.0 Å². The highest BCUT2D eigenvalue weighted by Gasteiger charge is 2.13. The fraction of sp³-hybridized carbons (Fsp3) is 0. The van der Waals surface area contributed by atoms with Crippen LogP contribution < -0.4 is 5.32 Å². The van der Waals surface area contributed by atoms with Crippen molar-refractivity contribution in [3.8, 4) is 12.3 Å². The molecule has 0 saturated heterocycles. The lowest BCUT2D eigenvalue weighted by molar-refractivity contribution is 0.209. The number of anilines is 1. The molecule has 6 nitrogen and oxygen atoms in total. The maximum absolute atomic E-state index is 10.6. The van der Waals surface area contributed by atoms with Gasteiger partial charge in [0, 0.05) is 0 Å².